The zero-order valence-electron chi connectivity index (χ0n) is 39.5. The molecule has 2 aromatic carbocycles. The minimum atomic E-state index is -0.856. The quantitative estimate of drug-likeness (QED) is 0.0677. The number of alkyl carbamates (subject to hydrolysis) is 1. The predicted octanol–water partition coefficient (Wildman–Crippen LogP) is 4.25. The van der Waals surface area contributed by atoms with E-state index in [0.717, 1.165) is 29.5 Å². The number of aromatic nitrogens is 4. The number of imidazole rings is 1. The fraction of sp³-hybridized carbons (Fsp3) is 0.553. The molecule has 20 nitrogen and oxygen atoms in total. The Morgan fingerprint density at radius 3 is 2.28 bits per heavy atom. The van der Waals surface area contributed by atoms with Gasteiger partial charge in [-0.1, -0.05) is 63.6 Å². The highest BCUT2D eigenvalue weighted by atomic mass is 16.6. The van der Waals surface area contributed by atoms with Crippen LogP contribution in [0.5, 0.6) is 6.01 Å². The second-order valence-corrected chi connectivity index (χ2v) is 18.7. The largest absolute Gasteiger partial charge is 0.463 e. The molecule has 8 N–H and O–H groups in total. The molecular weight excluding hydrogens is 863 g/mol. The highest BCUT2D eigenvalue weighted by molar-refractivity contribution is 5.97. The van der Waals surface area contributed by atoms with Gasteiger partial charge in [-0.2, -0.15) is 9.97 Å². The smallest absolute Gasteiger partial charge is 0.410 e. The first-order valence-corrected chi connectivity index (χ1v) is 23.1. The zero-order valence-corrected chi connectivity index (χ0v) is 39.5. The number of fused-ring (bicyclic) bond motifs is 1. The molecule has 1 spiro atoms. The molecule has 0 aliphatic carbocycles. The number of hydrogen-bond acceptors (Lipinski definition) is 14. The van der Waals surface area contributed by atoms with E-state index in [2.05, 4.69) is 42.7 Å². The summed E-state index contributed by atoms with van der Waals surface area (Å²) in [4.78, 5) is 79.7. The van der Waals surface area contributed by atoms with Crippen LogP contribution in [0.2, 0.25) is 0 Å². The fourth-order valence-electron chi connectivity index (χ4n) is 7.78. The lowest BCUT2D eigenvalue weighted by atomic mass is 9.91. The van der Waals surface area contributed by atoms with Crippen LogP contribution in [-0.2, 0) is 43.5 Å². The summed E-state index contributed by atoms with van der Waals surface area (Å²) in [7, 11) is 0. The Balaban J connectivity index is 0.941. The Bertz CT molecular complexity index is 2370. The van der Waals surface area contributed by atoms with Crippen molar-refractivity contribution in [2.45, 2.75) is 117 Å². The summed E-state index contributed by atoms with van der Waals surface area (Å²) in [6.45, 7) is 15.4. The van der Waals surface area contributed by atoms with E-state index in [1.165, 1.54) is 4.57 Å². The summed E-state index contributed by atoms with van der Waals surface area (Å²) >= 11 is 0. The number of likely N-dealkylation sites (tertiary alicyclic amines) is 1. The maximum atomic E-state index is 13.4. The SMILES string of the molecule is CCCCOc1nc(N)c2[nH]c(=O)n(Cc3ccc(CN4CC5(C4)CN(C(=O)OCc4ccc(NC(=O)[C@H](CCCCNC(=O)OC(C)(C)C)NC(=O)[C@@H](N)C(C)C)cc4)CCO5)cc3)c2n1. The molecule has 67 heavy (non-hydrogen) atoms. The van der Waals surface area contributed by atoms with Gasteiger partial charge in [0.15, 0.2) is 11.5 Å². The minimum absolute atomic E-state index is 0.0356. The summed E-state index contributed by atoms with van der Waals surface area (Å²) in [5.74, 6) is -0.792. The highest BCUT2D eigenvalue weighted by Crippen LogP contribution is 2.31. The number of hydrogen-bond donors (Lipinski definition) is 6. The molecule has 6 rings (SSSR count). The number of amides is 4. The van der Waals surface area contributed by atoms with E-state index < -0.39 is 47.3 Å². The van der Waals surface area contributed by atoms with Crippen molar-refractivity contribution in [3.63, 3.8) is 0 Å². The molecule has 2 aliphatic rings. The molecule has 0 radical (unpaired) electrons. The van der Waals surface area contributed by atoms with Crippen molar-refractivity contribution in [3.05, 3.63) is 75.7 Å². The number of nitrogens with two attached hydrogens (primary N) is 2. The number of anilines is 2. The number of aromatic amines is 1. The number of carbonyl (C=O) groups is 4. The van der Waals surface area contributed by atoms with E-state index in [0.29, 0.717) is 95.1 Å². The van der Waals surface area contributed by atoms with Crippen molar-refractivity contribution in [1.29, 1.82) is 0 Å². The van der Waals surface area contributed by atoms with Crippen LogP contribution in [0.15, 0.2) is 53.3 Å². The molecular formula is C47H67N11O9. The van der Waals surface area contributed by atoms with E-state index >= 15 is 0 Å². The van der Waals surface area contributed by atoms with E-state index in [4.69, 9.17) is 30.4 Å². The third-order valence-corrected chi connectivity index (χ3v) is 11.5. The number of unbranched alkanes of at least 4 members (excludes halogenated alkanes) is 2. The van der Waals surface area contributed by atoms with Gasteiger partial charge in [0, 0.05) is 38.4 Å². The standard InChI is InChI=1S/C47H67N11O9/c1-7-8-22-64-42-54-38(49)37-39(55-42)58(43(61)53-37)25-32-14-12-31(13-15-32)24-56-27-47(28-56)29-57(21-23-66-47)45(63)65-26-33-16-18-34(19-17-33)51-40(59)35(52-41(60)36(48)30(2)3)11-9-10-20-50-44(62)67-46(4,5)6/h12-19,30,35-36H,7-11,20-29,48H2,1-6H3,(H,50,62)(H,51,59)(H,52,60)(H,53,61)(H2,49,54,55)/t35-,36-/m0/s1. The summed E-state index contributed by atoms with van der Waals surface area (Å²) in [5, 5.41) is 8.37. The fourth-order valence-corrected chi connectivity index (χ4v) is 7.78. The third-order valence-electron chi connectivity index (χ3n) is 11.5. The first kappa shape index (κ1) is 50.2. The number of nitrogens with one attached hydrogen (secondary N) is 4. The first-order valence-electron chi connectivity index (χ1n) is 23.1. The molecule has 4 aromatic rings. The summed E-state index contributed by atoms with van der Waals surface area (Å²) < 4.78 is 24.4. The van der Waals surface area contributed by atoms with E-state index in [-0.39, 0.29) is 30.0 Å². The predicted molar refractivity (Wildman–Crippen MR) is 252 cm³/mol. The van der Waals surface area contributed by atoms with Gasteiger partial charge in [0.1, 0.15) is 29.4 Å². The lowest BCUT2D eigenvalue weighted by Crippen LogP contribution is -2.70. The number of nitrogen functional groups attached to an aromatic ring is 1. The number of rotatable bonds is 20. The molecule has 2 fully saturated rings. The van der Waals surface area contributed by atoms with Gasteiger partial charge in [-0.25, -0.2) is 14.4 Å². The van der Waals surface area contributed by atoms with Crippen LogP contribution in [0, 0.1) is 5.92 Å². The first-order chi connectivity index (χ1) is 31.9. The highest BCUT2D eigenvalue weighted by Gasteiger charge is 2.48. The van der Waals surface area contributed by atoms with Gasteiger partial charge < -0.3 is 56.2 Å². The lowest BCUT2D eigenvalue weighted by molar-refractivity contribution is -0.181. The van der Waals surface area contributed by atoms with Crippen molar-refractivity contribution in [1.82, 2.24) is 40.0 Å². The normalized spacial score (nSPS) is 15.7. The second-order valence-electron chi connectivity index (χ2n) is 18.7. The monoisotopic (exact) mass is 930 g/mol. The molecule has 4 amide bonds. The lowest BCUT2D eigenvalue weighted by Gasteiger charge is -2.53. The molecule has 20 heteroatoms. The number of ether oxygens (including phenoxy) is 4. The Labute approximate surface area is 390 Å². The summed E-state index contributed by atoms with van der Waals surface area (Å²) in [5.41, 5.74) is 14.8. The zero-order chi connectivity index (χ0) is 48.3. The van der Waals surface area contributed by atoms with Gasteiger partial charge in [0.2, 0.25) is 11.8 Å². The van der Waals surface area contributed by atoms with E-state index in [1.54, 1.807) is 49.9 Å². The summed E-state index contributed by atoms with van der Waals surface area (Å²) in [6.07, 6.45) is 2.29. The van der Waals surface area contributed by atoms with E-state index in [1.807, 2.05) is 38.1 Å². The molecule has 2 atom stereocenters. The number of benzene rings is 2. The van der Waals surface area contributed by atoms with Crippen LogP contribution in [0.3, 0.4) is 0 Å². The van der Waals surface area contributed by atoms with Gasteiger partial charge in [-0.15, -0.1) is 0 Å². The number of carbonyl (C=O) groups excluding carboxylic acids is 4. The topological polar surface area (TPSA) is 263 Å². The molecule has 0 bridgehead atoms. The Kier molecular flexibility index (Phi) is 16.8. The third kappa shape index (κ3) is 14.1. The Morgan fingerprint density at radius 1 is 0.925 bits per heavy atom. The average molecular weight is 930 g/mol. The molecule has 0 saturated carbocycles. The van der Waals surface area contributed by atoms with Crippen LogP contribution in [-0.4, -0.2) is 123 Å². The van der Waals surface area contributed by atoms with Crippen molar-refractivity contribution in [2.75, 3.05) is 57.0 Å². The van der Waals surface area contributed by atoms with Gasteiger partial charge in [-0.05, 0) is 81.2 Å². The van der Waals surface area contributed by atoms with Crippen LogP contribution in [0.4, 0.5) is 21.1 Å². The summed E-state index contributed by atoms with van der Waals surface area (Å²) in [6, 6.07) is 13.5. The van der Waals surface area contributed by atoms with Gasteiger partial charge in [0.25, 0.3) is 0 Å². The molecule has 2 aliphatic heterocycles. The second kappa shape index (κ2) is 22.5. The number of H-pyrrole nitrogens is 1. The number of nitrogens with zero attached hydrogens (tertiary/aromatic N) is 5. The van der Waals surface area contributed by atoms with Crippen LogP contribution >= 0.6 is 0 Å². The maximum Gasteiger partial charge on any atom is 0.410 e. The Morgan fingerprint density at radius 2 is 1.61 bits per heavy atom. The molecule has 2 aromatic heterocycles. The van der Waals surface area contributed by atoms with E-state index in [9.17, 15) is 24.0 Å². The van der Waals surface area contributed by atoms with Crippen LogP contribution < -0.4 is 37.8 Å². The van der Waals surface area contributed by atoms with Crippen LogP contribution in [0.1, 0.15) is 90.3 Å². The van der Waals surface area contributed by atoms with Crippen LogP contribution in [0.25, 0.3) is 11.2 Å². The molecule has 364 valence electrons. The van der Waals surface area contributed by atoms with Crippen molar-refractivity contribution >= 4 is 46.7 Å². The maximum absolute atomic E-state index is 13.4. The van der Waals surface area contributed by atoms with Gasteiger partial charge in [0.05, 0.1) is 32.3 Å². The van der Waals surface area contributed by atoms with Crippen molar-refractivity contribution < 1.29 is 38.1 Å². The molecule has 4 heterocycles. The molecule has 0 unspecified atom stereocenters. The molecule has 2 saturated heterocycles. The Hall–Kier alpha value is -6.25. The minimum Gasteiger partial charge on any atom is -0.463 e. The average Bonchev–Trinajstić information content (AvgIpc) is 3.59. The number of morpholine rings is 1. The van der Waals surface area contributed by atoms with Gasteiger partial charge in [-0.3, -0.25) is 19.1 Å². The van der Waals surface area contributed by atoms with Gasteiger partial charge >= 0.3 is 23.9 Å². The van der Waals surface area contributed by atoms with Crippen molar-refractivity contribution in [2.24, 2.45) is 11.7 Å². The van der Waals surface area contributed by atoms with Crippen molar-refractivity contribution in [3.8, 4) is 6.01 Å².